The van der Waals surface area contributed by atoms with E-state index in [1.807, 2.05) is 30.3 Å². The monoisotopic (exact) mass is 288 g/mol. The second-order valence-electron chi connectivity index (χ2n) is 4.89. The average molecular weight is 288 g/mol. The second-order valence-corrected chi connectivity index (χ2v) is 5.82. The number of oxazole rings is 1. The number of amides is 1. The normalized spacial score (nSPS) is 14.2. The highest BCUT2D eigenvalue weighted by Crippen LogP contribution is 2.28. The standard InChI is InChI=1S/C15H16N2O2S/c18-14(16-8-11-6-7-11)10-20-15-17-9-13(19-15)12-4-2-1-3-5-12/h1-5,9,11H,6-8,10H2,(H,16,18). The minimum Gasteiger partial charge on any atom is -0.431 e. The highest BCUT2D eigenvalue weighted by Gasteiger charge is 2.21. The van der Waals surface area contributed by atoms with Crippen LogP contribution in [0.25, 0.3) is 11.3 Å². The van der Waals surface area contributed by atoms with E-state index in [0.29, 0.717) is 16.9 Å². The molecule has 1 heterocycles. The molecule has 1 aromatic heterocycles. The average Bonchev–Trinajstić information content (AvgIpc) is 3.20. The molecule has 2 aromatic rings. The van der Waals surface area contributed by atoms with Crippen LogP contribution in [0.2, 0.25) is 0 Å². The number of aromatic nitrogens is 1. The lowest BCUT2D eigenvalue weighted by Crippen LogP contribution is -2.27. The molecule has 104 valence electrons. The minimum absolute atomic E-state index is 0.0429. The maximum Gasteiger partial charge on any atom is 0.256 e. The molecule has 0 aliphatic heterocycles. The molecule has 0 radical (unpaired) electrons. The predicted molar refractivity (Wildman–Crippen MR) is 78.4 cm³/mol. The largest absolute Gasteiger partial charge is 0.431 e. The number of carbonyl (C=O) groups is 1. The lowest BCUT2D eigenvalue weighted by Gasteiger charge is -2.01. The van der Waals surface area contributed by atoms with Crippen molar-refractivity contribution in [3.63, 3.8) is 0 Å². The fraction of sp³-hybridized carbons (Fsp3) is 0.333. The highest BCUT2D eigenvalue weighted by atomic mass is 32.2. The Morgan fingerprint density at radius 1 is 1.35 bits per heavy atom. The third-order valence-corrected chi connectivity index (χ3v) is 4.00. The van der Waals surface area contributed by atoms with Crippen molar-refractivity contribution in [2.75, 3.05) is 12.3 Å². The van der Waals surface area contributed by atoms with Crippen LogP contribution in [0.4, 0.5) is 0 Å². The van der Waals surface area contributed by atoms with Gasteiger partial charge in [-0.1, -0.05) is 42.1 Å². The topological polar surface area (TPSA) is 55.1 Å². The van der Waals surface area contributed by atoms with Crippen LogP contribution in [-0.4, -0.2) is 23.2 Å². The number of rotatable bonds is 6. The molecule has 0 saturated heterocycles. The molecule has 0 spiro atoms. The minimum atomic E-state index is 0.0429. The van der Waals surface area contributed by atoms with Crippen molar-refractivity contribution in [2.24, 2.45) is 5.92 Å². The predicted octanol–water partition coefficient (Wildman–Crippen LogP) is 2.96. The van der Waals surface area contributed by atoms with Gasteiger partial charge in [-0.3, -0.25) is 4.79 Å². The third-order valence-electron chi connectivity index (χ3n) is 3.15. The van der Waals surface area contributed by atoms with Crippen molar-refractivity contribution in [1.82, 2.24) is 10.3 Å². The Kier molecular flexibility index (Phi) is 4.06. The second kappa shape index (κ2) is 6.13. The van der Waals surface area contributed by atoms with Gasteiger partial charge in [0.15, 0.2) is 5.76 Å². The Bertz CT molecular complexity index is 579. The molecule has 1 aliphatic carbocycles. The van der Waals surface area contributed by atoms with Gasteiger partial charge in [-0.25, -0.2) is 4.98 Å². The van der Waals surface area contributed by atoms with Crippen LogP contribution in [0, 0.1) is 5.92 Å². The van der Waals surface area contributed by atoms with E-state index in [4.69, 9.17) is 4.42 Å². The SMILES string of the molecule is O=C(CSc1ncc(-c2ccccc2)o1)NCC1CC1. The van der Waals surface area contributed by atoms with Crippen LogP contribution in [0.5, 0.6) is 0 Å². The molecule has 1 aliphatic rings. The molecule has 4 nitrogen and oxygen atoms in total. The summed E-state index contributed by atoms with van der Waals surface area (Å²) < 4.78 is 5.63. The molecule has 0 bridgehead atoms. The van der Waals surface area contributed by atoms with Crippen LogP contribution >= 0.6 is 11.8 Å². The Balaban J connectivity index is 1.50. The Labute approximate surface area is 122 Å². The van der Waals surface area contributed by atoms with Gasteiger partial charge >= 0.3 is 0 Å². The molecular weight excluding hydrogens is 272 g/mol. The maximum absolute atomic E-state index is 11.6. The first-order chi connectivity index (χ1) is 9.81. The maximum atomic E-state index is 11.6. The van der Waals surface area contributed by atoms with Crippen LogP contribution in [0.3, 0.4) is 0 Å². The first-order valence-corrected chi connectivity index (χ1v) is 7.70. The van der Waals surface area contributed by atoms with Gasteiger partial charge in [0.05, 0.1) is 11.9 Å². The van der Waals surface area contributed by atoms with Crippen LogP contribution in [0.1, 0.15) is 12.8 Å². The lowest BCUT2D eigenvalue weighted by molar-refractivity contribution is -0.118. The highest BCUT2D eigenvalue weighted by molar-refractivity contribution is 7.99. The van der Waals surface area contributed by atoms with Gasteiger partial charge in [-0.05, 0) is 18.8 Å². The quantitative estimate of drug-likeness (QED) is 0.830. The van der Waals surface area contributed by atoms with Crippen molar-refractivity contribution in [3.05, 3.63) is 36.5 Å². The first kappa shape index (κ1) is 13.2. The molecule has 3 rings (SSSR count). The van der Waals surface area contributed by atoms with Gasteiger partial charge in [-0.2, -0.15) is 0 Å². The fourth-order valence-corrected chi connectivity index (χ4v) is 2.45. The van der Waals surface area contributed by atoms with E-state index in [1.54, 1.807) is 6.20 Å². The summed E-state index contributed by atoms with van der Waals surface area (Å²) in [6.45, 7) is 0.806. The molecule has 1 aromatic carbocycles. The van der Waals surface area contributed by atoms with Crippen molar-refractivity contribution < 1.29 is 9.21 Å². The van der Waals surface area contributed by atoms with Gasteiger partial charge in [0.25, 0.3) is 5.22 Å². The van der Waals surface area contributed by atoms with E-state index >= 15 is 0 Å². The summed E-state index contributed by atoms with van der Waals surface area (Å²) in [7, 11) is 0. The Morgan fingerprint density at radius 3 is 2.90 bits per heavy atom. The number of hydrogen-bond acceptors (Lipinski definition) is 4. The Morgan fingerprint density at radius 2 is 2.15 bits per heavy atom. The van der Waals surface area contributed by atoms with E-state index in [1.165, 1.54) is 24.6 Å². The number of benzene rings is 1. The summed E-state index contributed by atoms with van der Waals surface area (Å²) in [6, 6.07) is 9.81. The van der Waals surface area contributed by atoms with Crippen molar-refractivity contribution >= 4 is 17.7 Å². The number of carbonyl (C=O) groups excluding carboxylic acids is 1. The molecule has 0 unspecified atom stereocenters. The van der Waals surface area contributed by atoms with E-state index in [9.17, 15) is 4.79 Å². The van der Waals surface area contributed by atoms with Gasteiger partial charge in [0, 0.05) is 12.1 Å². The van der Waals surface area contributed by atoms with Crippen molar-refractivity contribution in [1.29, 1.82) is 0 Å². The van der Waals surface area contributed by atoms with Crippen molar-refractivity contribution in [3.8, 4) is 11.3 Å². The number of hydrogen-bond donors (Lipinski definition) is 1. The molecular formula is C15H16N2O2S. The Hall–Kier alpha value is -1.75. The van der Waals surface area contributed by atoms with E-state index < -0.39 is 0 Å². The number of nitrogens with one attached hydrogen (secondary N) is 1. The lowest BCUT2D eigenvalue weighted by atomic mass is 10.2. The van der Waals surface area contributed by atoms with Crippen LogP contribution in [-0.2, 0) is 4.79 Å². The summed E-state index contributed by atoms with van der Waals surface area (Å²) in [4.78, 5) is 15.8. The summed E-state index contributed by atoms with van der Waals surface area (Å²) in [5, 5.41) is 3.46. The van der Waals surface area contributed by atoms with Gasteiger partial charge in [-0.15, -0.1) is 0 Å². The number of thioether (sulfide) groups is 1. The molecule has 20 heavy (non-hydrogen) atoms. The van der Waals surface area contributed by atoms with E-state index in [-0.39, 0.29) is 5.91 Å². The van der Waals surface area contributed by atoms with Crippen molar-refractivity contribution in [2.45, 2.75) is 18.1 Å². The third kappa shape index (κ3) is 3.63. The fourth-order valence-electron chi connectivity index (χ4n) is 1.82. The van der Waals surface area contributed by atoms with Gasteiger partial charge in [0.1, 0.15) is 0 Å². The number of nitrogens with zero attached hydrogens (tertiary/aromatic N) is 1. The summed E-state index contributed by atoms with van der Waals surface area (Å²) in [5.41, 5.74) is 0.991. The molecule has 1 N–H and O–H groups in total. The molecule has 5 heteroatoms. The molecule has 1 fully saturated rings. The zero-order valence-electron chi connectivity index (χ0n) is 11.0. The zero-order chi connectivity index (χ0) is 13.8. The summed E-state index contributed by atoms with van der Waals surface area (Å²) >= 11 is 1.33. The zero-order valence-corrected chi connectivity index (χ0v) is 11.9. The summed E-state index contributed by atoms with van der Waals surface area (Å²) in [6.07, 6.45) is 4.18. The molecule has 1 saturated carbocycles. The van der Waals surface area contributed by atoms with Crippen LogP contribution < -0.4 is 5.32 Å². The summed E-state index contributed by atoms with van der Waals surface area (Å²) in [5.74, 6) is 1.82. The van der Waals surface area contributed by atoms with E-state index in [0.717, 1.165) is 17.9 Å². The van der Waals surface area contributed by atoms with E-state index in [2.05, 4.69) is 10.3 Å². The van der Waals surface area contributed by atoms with Crippen LogP contribution in [0.15, 0.2) is 46.2 Å². The molecule has 1 amide bonds. The van der Waals surface area contributed by atoms with Gasteiger partial charge < -0.3 is 9.73 Å². The molecule has 0 atom stereocenters. The smallest absolute Gasteiger partial charge is 0.256 e. The van der Waals surface area contributed by atoms with Gasteiger partial charge in [0.2, 0.25) is 5.91 Å². The first-order valence-electron chi connectivity index (χ1n) is 6.72.